The highest BCUT2D eigenvalue weighted by Gasteiger charge is 2.29. The molecule has 0 unspecified atom stereocenters. The van der Waals surface area contributed by atoms with E-state index in [9.17, 15) is 14.4 Å². The number of piperidine rings is 1. The molecule has 0 saturated carbocycles. The van der Waals surface area contributed by atoms with Gasteiger partial charge in [0.1, 0.15) is 6.10 Å². The molecule has 1 fully saturated rings. The zero-order valence-corrected chi connectivity index (χ0v) is 29.6. The van der Waals surface area contributed by atoms with Crippen LogP contribution < -0.4 is 20.9 Å². The number of anilines is 3. The van der Waals surface area contributed by atoms with Gasteiger partial charge in [0, 0.05) is 55.1 Å². The van der Waals surface area contributed by atoms with Crippen molar-refractivity contribution >= 4 is 35.0 Å². The Bertz CT molecular complexity index is 1880. The SMILES string of the molecule is O=C(CNCCO)Nc1cccc(C(=O)NCCN2CCC(OC(=O)N(c3ccccc3-c3ccccc3)c3ccccc3-c3ccccc3)CC2)c1. The Morgan fingerprint density at radius 3 is 1.91 bits per heavy atom. The lowest BCUT2D eigenvalue weighted by molar-refractivity contribution is -0.115. The van der Waals surface area contributed by atoms with Gasteiger partial charge in [-0.1, -0.05) is 103 Å². The second-order valence-electron chi connectivity index (χ2n) is 12.8. The van der Waals surface area contributed by atoms with Gasteiger partial charge in [0.2, 0.25) is 5.91 Å². The van der Waals surface area contributed by atoms with E-state index in [1.165, 1.54) is 0 Å². The first-order valence-electron chi connectivity index (χ1n) is 18.0. The second kappa shape index (κ2) is 18.6. The molecule has 1 aliphatic rings. The minimum atomic E-state index is -0.428. The third kappa shape index (κ3) is 9.95. The number of para-hydroxylation sites is 2. The number of rotatable bonds is 14. The molecule has 0 spiro atoms. The number of benzene rings is 5. The largest absolute Gasteiger partial charge is 0.445 e. The fraction of sp³-hybridized carbons (Fsp3) is 0.233. The summed E-state index contributed by atoms with van der Waals surface area (Å²) in [5.41, 5.74) is 6.30. The molecular formula is C43H45N5O5. The summed E-state index contributed by atoms with van der Waals surface area (Å²) in [6.07, 6.45) is 0.648. The van der Waals surface area contributed by atoms with Crippen LogP contribution in [0.5, 0.6) is 0 Å². The minimum absolute atomic E-state index is 0.0524. The molecule has 10 nitrogen and oxygen atoms in total. The van der Waals surface area contributed by atoms with Crippen LogP contribution in [0.25, 0.3) is 22.3 Å². The lowest BCUT2D eigenvalue weighted by Crippen LogP contribution is -2.43. The predicted molar refractivity (Wildman–Crippen MR) is 209 cm³/mol. The summed E-state index contributed by atoms with van der Waals surface area (Å²) in [4.78, 5) is 43.4. The second-order valence-corrected chi connectivity index (χ2v) is 12.8. The monoisotopic (exact) mass is 711 g/mol. The number of hydrogen-bond donors (Lipinski definition) is 4. The lowest BCUT2D eigenvalue weighted by Gasteiger charge is -2.33. The molecule has 5 aromatic rings. The van der Waals surface area contributed by atoms with Crippen molar-refractivity contribution in [2.75, 3.05) is 56.1 Å². The van der Waals surface area contributed by atoms with Crippen LogP contribution in [0.2, 0.25) is 0 Å². The average molecular weight is 712 g/mol. The highest BCUT2D eigenvalue weighted by atomic mass is 16.6. The zero-order valence-electron chi connectivity index (χ0n) is 29.6. The van der Waals surface area contributed by atoms with Crippen LogP contribution in [-0.2, 0) is 9.53 Å². The van der Waals surface area contributed by atoms with E-state index in [-0.39, 0.29) is 31.1 Å². The summed E-state index contributed by atoms with van der Waals surface area (Å²) in [5, 5.41) is 17.4. The molecule has 10 heteroatoms. The number of carbonyl (C=O) groups is 3. The molecule has 0 radical (unpaired) electrons. The molecule has 6 rings (SSSR count). The van der Waals surface area contributed by atoms with Crippen LogP contribution >= 0.6 is 0 Å². The molecule has 0 aromatic heterocycles. The van der Waals surface area contributed by atoms with E-state index in [1.807, 2.05) is 109 Å². The number of nitrogens with one attached hydrogen (secondary N) is 3. The van der Waals surface area contributed by atoms with Crippen molar-refractivity contribution in [1.29, 1.82) is 0 Å². The molecule has 53 heavy (non-hydrogen) atoms. The summed E-state index contributed by atoms with van der Waals surface area (Å²) in [5.74, 6) is -0.484. The fourth-order valence-corrected chi connectivity index (χ4v) is 6.49. The topological polar surface area (TPSA) is 123 Å². The molecule has 4 N–H and O–H groups in total. The summed E-state index contributed by atoms with van der Waals surface area (Å²) in [6, 6.07) is 42.7. The van der Waals surface area contributed by atoms with E-state index in [0.29, 0.717) is 43.7 Å². The quantitative estimate of drug-likeness (QED) is 0.0945. The Hall–Kier alpha value is -5.81. The van der Waals surface area contributed by atoms with Crippen LogP contribution in [0.4, 0.5) is 21.9 Å². The van der Waals surface area contributed by atoms with E-state index in [2.05, 4.69) is 20.9 Å². The van der Waals surface area contributed by atoms with Crippen molar-refractivity contribution in [2.45, 2.75) is 18.9 Å². The van der Waals surface area contributed by atoms with Crippen LogP contribution in [0.1, 0.15) is 23.2 Å². The summed E-state index contributed by atoms with van der Waals surface area (Å²) >= 11 is 0. The van der Waals surface area contributed by atoms with Crippen LogP contribution in [0.3, 0.4) is 0 Å². The van der Waals surface area contributed by atoms with Gasteiger partial charge in [-0.15, -0.1) is 0 Å². The first-order chi connectivity index (χ1) is 26.0. The summed E-state index contributed by atoms with van der Waals surface area (Å²) < 4.78 is 6.30. The van der Waals surface area contributed by atoms with E-state index < -0.39 is 6.09 Å². The van der Waals surface area contributed by atoms with E-state index in [0.717, 1.165) is 46.7 Å². The van der Waals surface area contributed by atoms with Gasteiger partial charge < -0.3 is 30.7 Å². The number of nitrogens with zero attached hydrogens (tertiary/aromatic N) is 2. The maximum absolute atomic E-state index is 14.4. The molecule has 0 atom stereocenters. The standard InChI is InChI=1S/C43H45N5O5/c49-29-25-44-31-41(50)46-35-17-11-16-34(30-35)42(51)45-24-28-47-26-22-36(23-27-47)53-43(52)48(39-20-9-7-18-37(39)32-12-3-1-4-13-32)40-21-10-8-19-38(40)33-14-5-2-6-15-33/h1-21,30,36,44,49H,22-29,31H2,(H,45,51)(H,46,50). The van der Waals surface area contributed by atoms with Crippen LogP contribution in [-0.4, -0.2) is 79.9 Å². The van der Waals surface area contributed by atoms with Gasteiger partial charge in [0.05, 0.1) is 24.5 Å². The fourth-order valence-electron chi connectivity index (χ4n) is 6.49. The van der Waals surface area contributed by atoms with Gasteiger partial charge in [-0.2, -0.15) is 0 Å². The normalized spacial score (nSPS) is 13.2. The molecule has 0 bridgehead atoms. The third-order valence-electron chi connectivity index (χ3n) is 9.14. The van der Waals surface area contributed by atoms with Gasteiger partial charge in [-0.25, -0.2) is 9.69 Å². The molecule has 1 saturated heterocycles. The van der Waals surface area contributed by atoms with Gasteiger partial charge in [0.25, 0.3) is 5.91 Å². The predicted octanol–water partition coefficient (Wildman–Crippen LogP) is 6.71. The smallest absolute Gasteiger partial charge is 0.419 e. The van der Waals surface area contributed by atoms with Gasteiger partial charge in [0.15, 0.2) is 0 Å². The molecular weight excluding hydrogens is 667 g/mol. The van der Waals surface area contributed by atoms with Crippen molar-refractivity contribution in [3.05, 3.63) is 139 Å². The van der Waals surface area contributed by atoms with Crippen LogP contribution in [0.15, 0.2) is 133 Å². The van der Waals surface area contributed by atoms with Crippen molar-refractivity contribution < 1.29 is 24.2 Å². The zero-order chi connectivity index (χ0) is 36.8. The Morgan fingerprint density at radius 2 is 1.30 bits per heavy atom. The van der Waals surface area contributed by atoms with Crippen molar-refractivity contribution in [1.82, 2.24) is 15.5 Å². The minimum Gasteiger partial charge on any atom is -0.445 e. The maximum Gasteiger partial charge on any atom is 0.419 e. The first kappa shape index (κ1) is 37.0. The Balaban J connectivity index is 1.08. The molecule has 272 valence electrons. The van der Waals surface area contributed by atoms with E-state index in [1.54, 1.807) is 29.2 Å². The molecule has 1 aliphatic heterocycles. The number of likely N-dealkylation sites (tertiary alicyclic amines) is 1. The number of carbonyl (C=O) groups excluding carboxylic acids is 3. The van der Waals surface area contributed by atoms with Gasteiger partial charge in [-0.05, 0) is 54.3 Å². The lowest BCUT2D eigenvalue weighted by atomic mass is 10.00. The van der Waals surface area contributed by atoms with Gasteiger partial charge in [-0.3, -0.25) is 9.59 Å². The summed E-state index contributed by atoms with van der Waals surface area (Å²) in [6.45, 7) is 2.89. The van der Waals surface area contributed by atoms with Gasteiger partial charge >= 0.3 is 6.09 Å². The highest BCUT2D eigenvalue weighted by Crippen LogP contribution is 2.40. The van der Waals surface area contributed by atoms with Crippen molar-refractivity contribution in [3.63, 3.8) is 0 Å². The highest BCUT2D eigenvalue weighted by molar-refractivity contribution is 6.04. The number of ether oxygens (including phenoxy) is 1. The average Bonchev–Trinajstić information content (AvgIpc) is 3.20. The van der Waals surface area contributed by atoms with E-state index in [4.69, 9.17) is 9.84 Å². The van der Waals surface area contributed by atoms with Crippen molar-refractivity contribution in [3.8, 4) is 22.3 Å². The van der Waals surface area contributed by atoms with Crippen molar-refractivity contribution in [2.24, 2.45) is 0 Å². The molecule has 5 aromatic carbocycles. The Morgan fingerprint density at radius 1 is 0.717 bits per heavy atom. The van der Waals surface area contributed by atoms with E-state index >= 15 is 0 Å². The number of amides is 3. The molecule has 0 aliphatic carbocycles. The first-order valence-corrected chi connectivity index (χ1v) is 18.0. The maximum atomic E-state index is 14.4. The van der Waals surface area contributed by atoms with Crippen LogP contribution in [0, 0.1) is 0 Å². The molecule has 3 amide bonds. The number of hydrogen-bond acceptors (Lipinski definition) is 7. The summed E-state index contributed by atoms with van der Waals surface area (Å²) in [7, 11) is 0. The number of aliphatic hydroxyl groups is 1. The number of aliphatic hydroxyl groups excluding tert-OH is 1. The molecule has 1 heterocycles. The Labute approximate surface area is 310 Å². The Kier molecular flexibility index (Phi) is 13.0. The third-order valence-corrected chi connectivity index (χ3v) is 9.14.